The fourth-order valence-corrected chi connectivity index (χ4v) is 3.86. The van der Waals surface area contributed by atoms with Gasteiger partial charge in [-0.05, 0) is 56.0 Å². The zero-order chi connectivity index (χ0) is 19.3. The summed E-state index contributed by atoms with van der Waals surface area (Å²) in [5.41, 5.74) is 5.93. The number of amides is 1. The van der Waals surface area contributed by atoms with Crippen molar-refractivity contribution in [1.82, 2.24) is 5.43 Å². The lowest BCUT2D eigenvalue weighted by atomic mass is 9.92. The van der Waals surface area contributed by atoms with Crippen LogP contribution in [0.15, 0.2) is 41.5 Å². The van der Waals surface area contributed by atoms with Gasteiger partial charge in [0.15, 0.2) is 5.84 Å². The highest BCUT2D eigenvalue weighted by Crippen LogP contribution is 2.43. The molecule has 0 radical (unpaired) electrons. The molecule has 2 heterocycles. The Kier molecular flexibility index (Phi) is 3.96. The van der Waals surface area contributed by atoms with Gasteiger partial charge >= 0.3 is 0 Å². The minimum absolute atomic E-state index is 0.153. The van der Waals surface area contributed by atoms with Crippen molar-refractivity contribution >= 4 is 23.1 Å². The van der Waals surface area contributed by atoms with Gasteiger partial charge in [0, 0.05) is 17.3 Å². The van der Waals surface area contributed by atoms with Crippen LogP contribution in [0.5, 0.6) is 5.75 Å². The van der Waals surface area contributed by atoms with Crippen LogP contribution in [0.4, 0.5) is 15.8 Å². The fourth-order valence-electron chi connectivity index (χ4n) is 3.86. The van der Waals surface area contributed by atoms with Gasteiger partial charge in [-0.2, -0.15) is 5.10 Å². The van der Waals surface area contributed by atoms with E-state index in [-0.39, 0.29) is 24.4 Å². The van der Waals surface area contributed by atoms with E-state index in [1.807, 2.05) is 30.0 Å². The van der Waals surface area contributed by atoms with E-state index in [0.717, 1.165) is 35.3 Å². The van der Waals surface area contributed by atoms with Crippen molar-refractivity contribution in [3.05, 3.63) is 42.2 Å². The number of anilines is 2. The number of fused-ring (bicyclic) bond motifs is 3. The molecule has 0 saturated heterocycles. The number of carbonyl (C=O) groups excluding carboxylic acids is 1. The van der Waals surface area contributed by atoms with E-state index >= 15 is 0 Å². The van der Waals surface area contributed by atoms with Crippen molar-refractivity contribution in [3.8, 4) is 16.9 Å². The number of carbonyl (C=O) groups is 1. The number of hydrogen-bond donors (Lipinski definition) is 2. The zero-order valence-corrected chi connectivity index (χ0v) is 15.5. The predicted molar refractivity (Wildman–Crippen MR) is 106 cm³/mol. The fraction of sp³-hybridized carbons (Fsp3) is 0.333. The first-order chi connectivity index (χ1) is 13.6. The third-order valence-electron chi connectivity index (χ3n) is 5.66. The van der Waals surface area contributed by atoms with Gasteiger partial charge in [-0.15, -0.1) is 0 Å². The molecule has 0 spiro atoms. The van der Waals surface area contributed by atoms with Crippen LogP contribution in [0.2, 0.25) is 0 Å². The molecule has 2 aromatic carbocycles. The van der Waals surface area contributed by atoms with E-state index in [2.05, 4.69) is 15.8 Å². The summed E-state index contributed by atoms with van der Waals surface area (Å²) in [4.78, 5) is 14.1. The van der Waals surface area contributed by atoms with E-state index in [1.54, 1.807) is 6.07 Å². The topological polar surface area (TPSA) is 66.0 Å². The van der Waals surface area contributed by atoms with Crippen LogP contribution in [0, 0.1) is 5.82 Å². The number of hydrogen-bond acceptors (Lipinski definition) is 5. The molecular formula is C21H21FN4O2. The predicted octanol–water partition coefficient (Wildman–Crippen LogP) is 3.49. The zero-order valence-electron chi connectivity index (χ0n) is 15.5. The van der Waals surface area contributed by atoms with E-state index < -0.39 is 0 Å². The molecule has 1 aliphatic carbocycles. The van der Waals surface area contributed by atoms with E-state index in [4.69, 9.17) is 4.74 Å². The Morgan fingerprint density at radius 1 is 1.29 bits per heavy atom. The molecule has 2 aliphatic heterocycles. The molecule has 3 aliphatic rings. The lowest BCUT2D eigenvalue weighted by Crippen LogP contribution is -2.55. The average molecular weight is 380 g/mol. The van der Waals surface area contributed by atoms with E-state index in [0.29, 0.717) is 17.6 Å². The molecule has 0 bridgehead atoms. The number of nitrogens with one attached hydrogen (secondary N) is 2. The summed E-state index contributed by atoms with van der Waals surface area (Å²) in [6.45, 7) is 2.12. The van der Waals surface area contributed by atoms with Crippen molar-refractivity contribution in [2.75, 3.05) is 16.8 Å². The molecule has 1 fully saturated rings. The monoisotopic (exact) mass is 380 g/mol. The number of hydrazone groups is 1. The first kappa shape index (κ1) is 17.0. The number of benzene rings is 2. The smallest absolute Gasteiger partial charge is 0.262 e. The molecule has 6 nitrogen and oxygen atoms in total. The van der Waals surface area contributed by atoms with E-state index in [1.165, 1.54) is 18.6 Å². The number of rotatable bonds is 3. The van der Waals surface area contributed by atoms with Crippen LogP contribution < -0.4 is 20.4 Å². The maximum atomic E-state index is 13.9. The van der Waals surface area contributed by atoms with Crippen LogP contribution >= 0.6 is 0 Å². The first-order valence-electron chi connectivity index (χ1n) is 9.59. The minimum Gasteiger partial charge on any atom is -0.483 e. The standard InChI is InChI=1S/C21H21FN4O2/c1-12-21(27)25-24-20-11-28-19-9-16(13-4-2-5-14(22)8-13)17(10-18(19)26(12)20)23-15-6-3-7-15/h2,4-5,8-10,12,15,23H,3,6-7,11H2,1H3,(H,25,27)/t12-/m1/s1. The van der Waals surface area contributed by atoms with Crippen LogP contribution in [0.1, 0.15) is 26.2 Å². The molecule has 2 N–H and O–H groups in total. The maximum Gasteiger partial charge on any atom is 0.262 e. The van der Waals surface area contributed by atoms with Crippen LogP contribution in [0.25, 0.3) is 11.1 Å². The van der Waals surface area contributed by atoms with Crippen molar-refractivity contribution in [2.24, 2.45) is 5.10 Å². The van der Waals surface area contributed by atoms with Gasteiger partial charge in [0.25, 0.3) is 5.91 Å². The molecule has 144 valence electrons. The van der Waals surface area contributed by atoms with Gasteiger partial charge < -0.3 is 15.0 Å². The lowest BCUT2D eigenvalue weighted by Gasteiger charge is -2.39. The van der Waals surface area contributed by atoms with E-state index in [9.17, 15) is 9.18 Å². The molecule has 5 rings (SSSR count). The lowest BCUT2D eigenvalue weighted by molar-refractivity contribution is -0.122. The van der Waals surface area contributed by atoms with Crippen molar-refractivity contribution in [1.29, 1.82) is 0 Å². The Morgan fingerprint density at radius 2 is 2.14 bits per heavy atom. The first-order valence-corrected chi connectivity index (χ1v) is 9.59. The summed E-state index contributed by atoms with van der Waals surface area (Å²) in [5.74, 6) is 0.910. The number of amidine groups is 1. The van der Waals surface area contributed by atoms with Gasteiger partial charge in [0.05, 0.1) is 5.69 Å². The summed E-state index contributed by atoms with van der Waals surface area (Å²) in [6.07, 6.45) is 3.44. The van der Waals surface area contributed by atoms with Gasteiger partial charge in [0.1, 0.15) is 24.2 Å². The quantitative estimate of drug-likeness (QED) is 0.856. The normalized spacial score (nSPS) is 20.9. The largest absolute Gasteiger partial charge is 0.483 e. The Balaban J connectivity index is 1.64. The Morgan fingerprint density at radius 3 is 2.89 bits per heavy atom. The second-order valence-corrected chi connectivity index (χ2v) is 7.49. The molecule has 2 aromatic rings. The average Bonchev–Trinajstić information content (AvgIpc) is 2.66. The molecule has 0 aromatic heterocycles. The molecule has 1 amide bonds. The summed E-state index contributed by atoms with van der Waals surface area (Å²) in [7, 11) is 0. The molecule has 28 heavy (non-hydrogen) atoms. The van der Waals surface area contributed by atoms with Gasteiger partial charge in [-0.25, -0.2) is 9.82 Å². The minimum atomic E-state index is -0.383. The molecular weight excluding hydrogens is 359 g/mol. The summed E-state index contributed by atoms with van der Waals surface area (Å²) < 4.78 is 19.8. The third-order valence-corrected chi connectivity index (χ3v) is 5.66. The Bertz CT molecular complexity index is 986. The highest BCUT2D eigenvalue weighted by Gasteiger charge is 2.36. The summed E-state index contributed by atoms with van der Waals surface area (Å²) in [6, 6.07) is 10.5. The van der Waals surface area contributed by atoms with Crippen molar-refractivity contribution in [3.63, 3.8) is 0 Å². The van der Waals surface area contributed by atoms with Crippen LogP contribution in [-0.2, 0) is 4.79 Å². The molecule has 0 unspecified atom stereocenters. The highest BCUT2D eigenvalue weighted by atomic mass is 19.1. The SMILES string of the molecule is C[C@@H]1C(=O)NN=C2COc3cc(-c4cccc(F)c4)c(NC4CCC4)cc3N21. The van der Waals surface area contributed by atoms with Crippen molar-refractivity contribution in [2.45, 2.75) is 38.3 Å². The van der Waals surface area contributed by atoms with Gasteiger partial charge in [-0.1, -0.05) is 12.1 Å². The highest BCUT2D eigenvalue weighted by molar-refractivity contribution is 6.10. The van der Waals surface area contributed by atoms with Crippen LogP contribution in [0.3, 0.4) is 0 Å². The number of halogens is 1. The second-order valence-electron chi connectivity index (χ2n) is 7.49. The maximum absolute atomic E-state index is 13.9. The summed E-state index contributed by atoms with van der Waals surface area (Å²) >= 11 is 0. The number of nitrogens with zero attached hydrogens (tertiary/aromatic N) is 2. The summed E-state index contributed by atoms with van der Waals surface area (Å²) in [5, 5.41) is 7.73. The van der Waals surface area contributed by atoms with Gasteiger partial charge in [-0.3, -0.25) is 4.79 Å². The third kappa shape index (κ3) is 2.78. The van der Waals surface area contributed by atoms with Gasteiger partial charge in [0.2, 0.25) is 0 Å². The second kappa shape index (κ2) is 6.51. The molecule has 7 heteroatoms. The Hall–Kier alpha value is -3.09. The van der Waals surface area contributed by atoms with Crippen molar-refractivity contribution < 1.29 is 13.9 Å². The Labute approximate surface area is 162 Å². The van der Waals surface area contributed by atoms with Crippen LogP contribution in [-0.4, -0.2) is 30.4 Å². The molecule has 1 atom stereocenters. The molecule has 1 saturated carbocycles. The number of ether oxygens (including phenoxy) is 1.